The predicted molar refractivity (Wildman–Crippen MR) is 137 cm³/mol. The lowest BCUT2D eigenvalue weighted by Gasteiger charge is -2.12. The van der Waals surface area contributed by atoms with Gasteiger partial charge in [0, 0.05) is 36.5 Å². The number of carboxylic acid groups (broad SMARTS) is 1. The topological polar surface area (TPSA) is 132 Å². The first-order valence-electron chi connectivity index (χ1n) is 12.2. The fraction of sp³-hybridized carbons (Fsp3) is 0.185. The number of alkyl halides is 3. The van der Waals surface area contributed by atoms with Crippen molar-refractivity contribution >= 4 is 11.8 Å². The number of aromatic amines is 1. The number of carbonyl (C=O) groups excluding carboxylic acids is 1. The van der Waals surface area contributed by atoms with Crippen LogP contribution < -0.4 is 0 Å². The Bertz CT molecular complexity index is 1670. The van der Waals surface area contributed by atoms with E-state index in [-0.39, 0.29) is 18.1 Å². The summed E-state index contributed by atoms with van der Waals surface area (Å²) in [7, 11) is 0. The molecule has 3 heterocycles. The molecule has 0 fully saturated rings. The Morgan fingerprint density at radius 3 is 2.38 bits per heavy atom. The second kappa shape index (κ2) is 10.6. The number of aromatic carboxylic acids is 1. The molecule has 0 atom stereocenters. The number of rotatable bonds is 9. The Morgan fingerprint density at radius 1 is 1.02 bits per heavy atom. The van der Waals surface area contributed by atoms with E-state index in [0.717, 1.165) is 39.1 Å². The van der Waals surface area contributed by atoms with Gasteiger partial charge in [0.25, 0.3) is 5.78 Å². The van der Waals surface area contributed by atoms with Crippen LogP contribution in [0.25, 0.3) is 28.3 Å². The number of H-pyrrole nitrogens is 1. The average Bonchev–Trinajstić information content (AvgIpc) is 3.69. The molecule has 13 heteroatoms. The van der Waals surface area contributed by atoms with Crippen molar-refractivity contribution in [2.45, 2.75) is 32.5 Å². The zero-order chi connectivity index (χ0) is 28.4. The van der Waals surface area contributed by atoms with Gasteiger partial charge in [-0.15, -0.1) is 10.2 Å². The number of carbonyl (C=O) groups is 2. The van der Waals surface area contributed by atoms with Crippen molar-refractivity contribution in [3.63, 3.8) is 0 Å². The smallest absolute Gasteiger partial charge is 0.454 e. The zero-order valence-corrected chi connectivity index (χ0v) is 21.1. The van der Waals surface area contributed by atoms with Crippen LogP contribution in [0.1, 0.15) is 45.6 Å². The molecule has 10 nitrogen and oxygen atoms in total. The van der Waals surface area contributed by atoms with Crippen LogP contribution >= 0.6 is 0 Å². The molecule has 3 aromatic heterocycles. The van der Waals surface area contributed by atoms with Gasteiger partial charge in [0.1, 0.15) is 5.82 Å². The fourth-order valence-corrected chi connectivity index (χ4v) is 4.47. The fourth-order valence-electron chi connectivity index (χ4n) is 4.47. The van der Waals surface area contributed by atoms with Gasteiger partial charge in [0.05, 0.1) is 0 Å². The largest absolute Gasteiger partial charge is 0.476 e. The van der Waals surface area contributed by atoms with E-state index in [1.165, 1.54) is 10.8 Å². The first-order chi connectivity index (χ1) is 19.2. The first kappa shape index (κ1) is 26.5. The van der Waals surface area contributed by atoms with Crippen LogP contribution in [0.2, 0.25) is 0 Å². The van der Waals surface area contributed by atoms with E-state index in [1.54, 1.807) is 0 Å². The molecular weight excluding hydrogens is 527 g/mol. The number of halogens is 3. The van der Waals surface area contributed by atoms with Crippen molar-refractivity contribution in [2.75, 3.05) is 0 Å². The van der Waals surface area contributed by atoms with Gasteiger partial charge < -0.3 is 14.2 Å². The molecule has 0 saturated heterocycles. The second-order valence-corrected chi connectivity index (χ2v) is 8.95. The van der Waals surface area contributed by atoms with Gasteiger partial charge in [-0.05, 0) is 34.4 Å². The number of hydrogen-bond donors (Lipinski definition) is 2. The SMILES string of the molecule is CCCc1nc(-n2ccc(C(=O)C(F)(F)F)c2)c(C(=O)O)n1Cc1ccc(-c2ccccc2-c2nn[nH]n2)cc1. The number of tetrazole rings is 1. The van der Waals surface area contributed by atoms with Crippen LogP contribution in [0, 0.1) is 0 Å². The number of aryl methyl sites for hydroxylation is 1. The molecule has 2 aromatic carbocycles. The molecule has 0 aliphatic rings. The van der Waals surface area contributed by atoms with Gasteiger partial charge >= 0.3 is 12.1 Å². The number of hydrogen-bond acceptors (Lipinski definition) is 6. The normalized spacial score (nSPS) is 11.6. The molecule has 0 aliphatic carbocycles. The third kappa shape index (κ3) is 5.13. The van der Waals surface area contributed by atoms with Gasteiger partial charge in [-0.1, -0.05) is 55.5 Å². The second-order valence-electron chi connectivity index (χ2n) is 8.95. The van der Waals surface area contributed by atoms with Crippen molar-refractivity contribution < 1.29 is 27.9 Å². The van der Waals surface area contributed by atoms with Crippen molar-refractivity contribution in [1.29, 1.82) is 0 Å². The molecular formula is C27H22F3N7O3. The number of ketones is 1. The minimum Gasteiger partial charge on any atom is -0.476 e. The molecule has 0 amide bonds. The van der Waals surface area contributed by atoms with Gasteiger partial charge in [0.15, 0.2) is 11.5 Å². The lowest BCUT2D eigenvalue weighted by molar-refractivity contribution is -0.0885. The standard InChI is InChI=1S/C27H22F3N7O3/c1-2-5-21-31-25(36-13-12-18(15-36)23(38)27(28,29)30)22(26(39)40)37(21)14-16-8-10-17(11-9-16)19-6-3-4-7-20(19)24-32-34-35-33-24/h3-4,6-13,15H,2,5,14H2,1H3,(H,39,40)(H,32,33,34,35). The summed E-state index contributed by atoms with van der Waals surface area (Å²) in [6.45, 7) is 2.07. The van der Waals surface area contributed by atoms with E-state index < -0.39 is 23.5 Å². The van der Waals surface area contributed by atoms with Crippen molar-refractivity contribution in [3.05, 3.63) is 89.6 Å². The lowest BCUT2D eigenvalue weighted by Crippen LogP contribution is -2.22. The van der Waals surface area contributed by atoms with Gasteiger partial charge in [-0.25, -0.2) is 9.78 Å². The summed E-state index contributed by atoms with van der Waals surface area (Å²) < 4.78 is 41.4. The monoisotopic (exact) mass is 549 g/mol. The van der Waals surface area contributed by atoms with Crippen LogP contribution in [0.15, 0.2) is 67.0 Å². The highest BCUT2D eigenvalue weighted by Crippen LogP contribution is 2.30. The summed E-state index contributed by atoms with van der Waals surface area (Å²) in [6.07, 6.45) is -1.81. The molecule has 5 rings (SSSR count). The molecule has 0 radical (unpaired) electrons. The number of carboxylic acids is 1. The molecule has 0 saturated carbocycles. The summed E-state index contributed by atoms with van der Waals surface area (Å²) in [4.78, 5) is 28.5. The van der Waals surface area contributed by atoms with Gasteiger partial charge in [-0.2, -0.15) is 18.4 Å². The number of imidazole rings is 1. The number of nitrogens with zero attached hydrogens (tertiary/aromatic N) is 6. The van der Waals surface area contributed by atoms with Crippen LogP contribution in [0.5, 0.6) is 0 Å². The number of Topliss-reactive ketones (excluding diaryl/α,β-unsaturated/α-hetero) is 1. The van der Waals surface area contributed by atoms with Crippen molar-refractivity contribution in [3.8, 4) is 28.3 Å². The Morgan fingerprint density at radius 2 is 1.75 bits per heavy atom. The highest BCUT2D eigenvalue weighted by molar-refractivity contribution is 6.00. The Hall–Kier alpha value is -5.07. The highest BCUT2D eigenvalue weighted by atomic mass is 19.4. The van der Waals surface area contributed by atoms with E-state index in [0.29, 0.717) is 24.5 Å². The predicted octanol–water partition coefficient (Wildman–Crippen LogP) is 4.96. The van der Waals surface area contributed by atoms with Gasteiger partial charge in [0.2, 0.25) is 5.82 Å². The summed E-state index contributed by atoms with van der Waals surface area (Å²) in [5, 5.41) is 24.3. The summed E-state index contributed by atoms with van der Waals surface area (Å²) in [6, 6.07) is 16.1. The maximum absolute atomic E-state index is 12.9. The van der Waals surface area contributed by atoms with Crippen molar-refractivity contribution in [1.82, 2.24) is 34.7 Å². The van der Waals surface area contributed by atoms with Gasteiger partial charge in [-0.3, -0.25) is 4.79 Å². The lowest BCUT2D eigenvalue weighted by atomic mass is 9.98. The minimum absolute atomic E-state index is 0.0668. The summed E-state index contributed by atoms with van der Waals surface area (Å²) in [5.41, 5.74) is 2.54. The molecule has 0 spiro atoms. The van der Waals surface area contributed by atoms with E-state index in [2.05, 4.69) is 25.6 Å². The maximum Gasteiger partial charge on any atom is 0.454 e. The van der Waals surface area contributed by atoms with Crippen LogP contribution in [-0.4, -0.2) is 57.8 Å². The van der Waals surface area contributed by atoms with Crippen molar-refractivity contribution in [2.24, 2.45) is 0 Å². The molecule has 0 aliphatic heterocycles. The quantitative estimate of drug-likeness (QED) is 0.248. The number of benzene rings is 2. The van der Waals surface area contributed by atoms with E-state index in [9.17, 15) is 27.9 Å². The highest BCUT2D eigenvalue weighted by Gasteiger charge is 2.40. The molecule has 0 unspecified atom stereocenters. The molecule has 2 N–H and O–H groups in total. The molecule has 204 valence electrons. The van der Waals surface area contributed by atoms with Crippen LogP contribution in [0.3, 0.4) is 0 Å². The Labute approximate surface area is 225 Å². The Balaban J connectivity index is 1.50. The van der Waals surface area contributed by atoms with E-state index >= 15 is 0 Å². The Kier molecular flexibility index (Phi) is 7.03. The van der Waals surface area contributed by atoms with Crippen LogP contribution in [0.4, 0.5) is 13.2 Å². The van der Waals surface area contributed by atoms with E-state index in [4.69, 9.17) is 0 Å². The average molecular weight is 550 g/mol. The molecule has 5 aromatic rings. The number of nitrogens with one attached hydrogen (secondary N) is 1. The third-order valence-corrected chi connectivity index (χ3v) is 6.28. The van der Waals surface area contributed by atoms with Crippen LogP contribution in [-0.2, 0) is 13.0 Å². The first-order valence-corrected chi connectivity index (χ1v) is 12.2. The number of aromatic nitrogens is 7. The van der Waals surface area contributed by atoms with E-state index in [1.807, 2.05) is 55.5 Å². The summed E-state index contributed by atoms with van der Waals surface area (Å²) in [5.74, 6) is -2.47. The maximum atomic E-state index is 12.9. The zero-order valence-electron chi connectivity index (χ0n) is 21.1. The molecule has 0 bridgehead atoms. The minimum atomic E-state index is -5.05. The summed E-state index contributed by atoms with van der Waals surface area (Å²) >= 11 is 0. The third-order valence-electron chi connectivity index (χ3n) is 6.28. The molecule has 40 heavy (non-hydrogen) atoms.